The minimum absolute atomic E-state index is 0.531. The lowest BCUT2D eigenvalue weighted by atomic mass is 9.96. The van der Waals surface area contributed by atoms with E-state index in [0.29, 0.717) is 11.1 Å². The van der Waals surface area contributed by atoms with Crippen molar-refractivity contribution in [3.8, 4) is 0 Å². The molecular formula is C14H18ClN3. The van der Waals surface area contributed by atoms with Gasteiger partial charge in [-0.25, -0.2) is 4.98 Å². The summed E-state index contributed by atoms with van der Waals surface area (Å²) >= 11 is 6.24. The molecule has 18 heavy (non-hydrogen) atoms. The summed E-state index contributed by atoms with van der Waals surface area (Å²) in [6.07, 6.45) is 4.47. The average molecular weight is 264 g/mol. The number of pyridine rings is 1. The summed E-state index contributed by atoms with van der Waals surface area (Å²) in [4.78, 5) is 6.96. The fraction of sp³-hybridized carbons (Fsp3) is 0.500. The highest BCUT2D eigenvalue weighted by molar-refractivity contribution is 6.32. The van der Waals surface area contributed by atoms with E-state index in [1.807, 2.05) is 0 Å². The Morgan fingerprint density at radius 3 is 2.72 bits per heavy atom. The highest BCUT2D eigenvalue weighted by Crippen LogP contribution is 2.30. The molecule has 3 rings (SSSR count). The van der Waals surface area contributed by atoms with Crippen molar-refractivity contribution >= 4 is 17.1 Å². The van der Waals surface area contributed by atoms with E-state index >= 15 is 0 Å². The van der Waals surface area contributed by atoms with E-state index in [1.54, 1.807) is 0 Å². The molecule has 1 fully saturated rings. The number of rotatable bonds is 1. The van der Waals surface area contributed by atoms with Gasteiger partial charge < -0.3 is 9.30 Å². The fourth-order valence-corrected chi connectivity index (χ4v) is 2.97. The number of hydrogen-bond acceptors (Lipinski definition) is 2. The standard InChI is InChI=1S/C14H18ClN3/c1-10-3-4-12-13(15)16-14(18(12)9-10)11-5-7-17(2)8-6-11/h3-4,9,11H,5-8H2,1-2H3. The second kappa shape index (κ2) is 4.56. The molecular weight excluding hydrogens is 246 g/mol. The summed E-state index contributed by atoms with van der Waals surface area (Å²) < 4.78 is 2.17. The van der Waals surface area contributed by atoms with Gasteiger partial charge >= 0.3 is 0 Å². The maximum Gasteiger partial charge on any atom is 0.155 e. The number of piperidine rings is 1. The Bertz CT molecular complexity index is 568. The summed E-state index contributed by atoms with van der Waals surface area (Å²) in [7, 11) is 2.18. The van der Waals surface area contributed by atoms with Crippen LogP contribution >= 0.6 is 11.6 Å². The molecule has 1 aliphatic rings. The van der Waals surface area contributed by atoms with Crippen molar-refractivity contribution in [3.05, 3.63) is 34.9 Å². The Morgan fingerprint density at radius 1 is 1.28 bits per heavy atom. The normalized spacial score (nSPS) is 18.6. The molecule has 2 aromatic rings. The zero-order valence-electron chi connectivity index (χ0n) is 10.9. The number of halogens is 1. The van der Waals surface area contributed by atoms with E-state index in [-0.39, 0.29) is 0 Å². The van der Waals surface area contributed by atoms with Crippen LogP contribution in [-0.2, 0) is 0 Å². The molecule has 0 amide bonds. The fourth-order valence-electron chi connectivity index (χ4n) is 2.73. The van der Waals surface area contributed by atoms with Crippen molar-refractivity contribution in [3.63, 3.8) is 0 Å². The Morgan fingerprint density at radius 2 is 2.00 bits per heavy atom. The first kappa shape index (κ1) is 12.0. The van der Waals surface area contributed by atoms with Gasteiger partial charge in [-0.3, -0.25) is 0 Å². The van der Waals surface area contributed by atoms with Crippen LogP contribution < -0.4 is 0 Å². The minimum Gasteiger partial charge on any atom is -0.306 e. The molecule has 0 unspecified atom stereocenters. The molecule has 1 aliphatic heterocycles. The molecule has 0 radical (unpaired) electrons. The number of aryl methyl sites for hydroxylation is 1. The maximum atomic E-state index is 6.24. The predicted molar refractivity (Wildman–Crippen MR) is 74.4 cm³/mol. The van der Waals surface area contributed by atoms with E-state index in [9.17, 15) is 0 Å². The third-order valence-electron chi connectivity index (χ3n) is 3.85. The number of imidazole rings is 1. The summed E-state index contributed by atoms with van der Waals surface area (Å²) in [6.45, 7) is 4.39. The van der Waals surface area contributed by atoms with Gasteiger partial charge in [0, 0.05) is 12.1 Å². The van der Waals surface area contributed by atoms with Gasteiger partial charge in [0.25, 0.3) is 0 Å². The molecule has 0 atom stereocenters. The number of hydrogen-bond donors (Lipinski definition) is 0. The highest BCUT2D eigenvalue weighted by atomic mass is 35.5. The number of likely N-dealkylation sites (tertiary alicyclic amines) is 1. The first-order valence-electron chi connectivity index (χ1n) is 6.48. The van der Waals surface area contributed by atoms with Crippen molar-refractivity contribution in [1.29, 1.82) is 0 Å². The van der Waals surface area contributed by atoms with E-state index < -0.39 is 0 Å². The van der Waals surface area contributed by atoms with Crippen molar-refractivity contribution in [2.75, 3.05) is 20.1 Å². The maximum absolute atomic E-state index is 6.24. The Labute approximate surface area is 112 Å². The van der Waals surface area contributed by atoms with Crippen LogP contribution in [0.3, 0.4) is 0 Å². The van der Waals surface area contributed by atoms with Crippen molar-refractivity contribution in [2.24, 2.45) is 0 Å². The van der Waals surface area contributed by atoms with Crippen LogP contribution in [0.4, 0.5) is 0 Å². The van der Waals surface area contributed by atoms with Crippen LogP contribution in [0.1, 0.15) is 30.1 Å². The Balaban J connectivity index is 2.03. The molecule has 0 spiro atoms. The monoisotopic (exact) mass is 263 g/mol. The first-order chi connectivity index (χ1) is 8.65. The van der Waals surface area contributed by atoms with Gasteiger partial charge in [0.15, 0.2) is 5.15 Å². The molecule has 0 N–H and O–H groups in total. The van der Waals surface area contributed by atoms with Crippen molar-refractivity contribution < 1.29 is 0 Å². The SMILES string of the molecule is Cc1ccc2c(Cl)nc(C3CCN(C)CC3)n2c1. The van der Waals surface area contributed by atoms with Gasteiger partial charge in [0.05, 0.1) is 5.52 Å². The minimum atomic E-state index is 0.531. The van der Waals surface area contributed by atoms with E-state index in [2.05, 4.69) is 46.6 Å². The van der Waals surface area contributed by atoms with Gasteiger partial charge in [-0.2, -0.15) is 0 Å². The molecule has 3 heterocycles. The lowest BCUT2D eigenvalue weighted by Crippen LogP contribution is -2.29. The zero-order valence-corrected chi connectivity index (χ0v) is 11.6. The third kappa shape index (κ3) is 2.02. The van der Waals surface area contributed by atoms with Crippen molar-refractivity contribution in [2.45, 2.75) is 25.7 Å². The van der Waals surface area contributed by atoms with Gasteiger partial charge in [-0.05, 0) is 51.5 Å². The summed E-state index contributed by atoms with van der Waals surface area (Å²) in [5.41, 5.74) is 2.27. The average Bonchev–Trinajstić information content (AvgIpc) is 2.67. The molecule has 3 nitrogen and oxygen atoms in total. The Hall–Kier alpha value is -1.06. The third-order valence-corrected chi connectivity index (χ3v) is 4.13. The van der Waals surface area contributed by atoms with Crippen molar-refractivity contribution in [1.82, 2.24) is 14.3 Å². The molecule has 0 bridgehead atoms. The molecule has 4 heteroatoms. The van der Waals surface area contributed by atoms with Gasteiger partial charge in [0.2, 0.25) is 0 Å². The molecule has 2 aromatic heterocycles. The number of nitrogens with zero attached hydrogens (tertiary/aromatic N) is 3. The second-order valence-electron chi connectivity index (χ2n) is 5.30. The molecule has 0 aliphatic carbocycles. The van der Waals surface area contributed by atoms with Gasteiger partial charge in [0.1, 0.15) is 5.82 Å². The lowest BCUT2D eigenvalue weighted by Gasteiger charge is -2.28. The topological polar surface area (TPSA) is 20.5 Å². The van der Waals surface area contributed by atoms with E-state index in [0.717, 1.165) is 24.4 Å². The van der Waals surface area contributed by atoms with Crippen LogP contribution in [-0.4, -0.2) is 34.4 Å². The molecule has 96 valence electrons. The van der Waals surface area contributed by atoms with E-state index in [4.69, 9.17) is 11.6 Å². The summed E-state index contributed by atoms with van der Waals surface area (Å²) in [5.74, 6) is 1.66. The molecule has 1 saturated heterocycles. The molecule has 0 saturated carbocycles. The largest absolute Gasteiger partial charge is 0.306 e. The Kier molecular flexibility index (Phi) is 3.04. The highest BCUT2D eigenvalue weighted by Gasteiger charge is 2.23. The van der Waals surface area contributed by atoms with Crippen LogP contribution in [0.2, 0.25) is 5.15 Å². The van der Waals surface area contributed by atoms with Gasteiger partial charge in [-0.1, -0.05) is 17.7 Å². The lowest BCUT2D eigenvalue weighted by molar-refractivity contribution is 0.251. The quantitative estimate of drug-likeness (QED) is 0.788. The summed E-state index contributed by atoms with van der Waals surface area (Å²) in [5, 5.41) is 0.629. The summed E-state index contributed by atoms with van der Waals surface area (Å²) in [6, 6.07) is 4.14. The number of aromatic nitrogens is 2. The van der Waals surface area contributed by atoms with Crippen LogP contribution in [0.15, 0.2) is 18.3 Å². The van der Waals surface area contributed by atoms with Crippen LogP contribution in [0.25, 0.3) is 5.52 Å². The zero-order chi connectivity index (χ0) is 12.7. The predicted octanol–water partition coefficient (Wildman–Crippen LogP) is 3.11. The van der Waals surface area contributed by atoms with Gasteiger partial charge in [-0.15, -0.1) is 0 Å². The van der Waals surface area contributed by atoms with Crippen LogP contribution in [0, 0.1) is 6.92 Å². The smallest absolute Gasteiger partial charge is 0.155 e. The first-order valence-corrected chi connectivity index (χ1v) is 6.85. The van der Waals surface area contributed by atoms with Crippen LogP contribution in [0.5, 0.6) is 0 Å². The van der Waals surface area contributed by atoms with E-state index in [1.165, 1.54) is 18.4 Å². The molecule has 0 aromatic carbocycles. The second-order valence-corrected chi connectivity index (χ2v) is 5.66. The number of fused-ring (bicyclic) bond motifs is 1.